The number of benzene rings is 2. The van der Waals surface area contributed by atoms with Crippen LogP contribution in [-0.4, -0.2) is 56.1 Å². The molecule has 1 saturated heterocycles. The highest BCUT2D eigenvalue weighted by molar-refractivity contribution is 7.91. The summed E-state index contributed by atoms with van der Waals surface area (Å²) in [5.74, 6) is -1.79. The van der Waals surface area contributed by atoms with Crippen molar-refractivity contribution in [2.45, 2.75) is 11.3 Å². The van der Waals surface area contributed by atoms with Crippen LogP contribution in [0.15, 0.2) is 47.4 Å². The first kappa shape index (κ1) is 20.7. The molecule has 4 rings (SSSR count). The van der Waals surface area contributed by atoms with Crippen molar-refractivity contribution in [3.05, 3.63) is 54.1 Å². The zero-order valence-electron chi connectivity index (χ0n) is 15.9. The standard InChI is InChI=1S/C20H19F2N3O3S2/c21-14-12-16(22)19-17(13-14)29-20(23-19)25-9-7-24(8-10-25)18(26)6-11-30(27,28)15-4-2-1-3-5-15/h1-5,12-13H,6-11H2. The maximum absolute atomic E-state index is 13.9. The average Bonchev–Trinajstić information content (AvgIpc) is 3.17. The van der Waals surface area contributed by atoms with Gasteiger partial charge < -0.3 is 9.80 Å². The summed E-state index contributed by atoms with van der Waals surface area (Å²) in [6.07, 6.45) is -0.0805. The summed E-state index contributed by atoms with van der Waals surface area (Å²) in [5.41, 5.74) is 0.140. The van der Waals surface area contributed by atoms with Gasteiger partial charge in [0.05, 0.1) is 15.3 Å². The normalized spacial score (nSPS) is 15.0. The molecule has 30 heavy (non-hydrogen) atoms. The Bertz CT molecular complexity index is 1170. The van der Waals surface area contributed by atoms with Crippen LogP contribution < -0.4 is 4.90 Å². The molecule has 0 unspecified atom stereocenters. The predicted octanol–water partition coefficient (Wildman–Crippen LogP) is 3.09. The van der Waals surface area contributed by atoms with E-state index >= 15 is 0 Å². The number of piperazine rings is 1. The number of carbonyl (C=O) groups excluding carboxylic acids is 1. The molecule has 158 valence electrons. The maximum Gasteiger partial charge on any atom is 0.223 e. The highest BCUT2D eigenvalue weighted by Gasteiger charge is 2.25. The van der Waals surface area contributed by atoms with Crippen molar-refractivity contribution in [1.82, 2.24) is 9.88 Å². The smallest absolute Gasteiger partial charge is 0.223 e. The van der Waals surface area contributed by atoms with Crippen molar-refractivity contribution in [1.29, 1.82) is 0 Å². The van der Waals surface area contributed by atoms with Gasteiger partial charge in [-0.2, -0.15) is 0 Å². The number of nitrogens with zero attached hydrogens (tertiary/aromatic N) is 3. The van der Waals surface area contributed by atoms with Gasteiger partial charge in [-0.25, -0.2) is 22.2 Å². The lowest BCUT2D eigenvalue weighted by Gasteiger charge is -2.34. The van der Waals surface area contributed by atoms with Crippen LogP contribution in [0.2, 0.25) is 0 Å². The number of rotatable bonds is 5. The van der Waals surface area contributed by atoms with E-state index < -0.39 is 21.5 Å². The van der Waals surface area contributed by atoms with Gasteiger partial charge in [0, 0.05) is 38.7 Å². The molecule has 0 spiro atoms. The number of halogens is 2. The fraction of sp³-hybridized carbons (Fsp3) is 0.300. The molecule has 1 aliphatic rings. The molecular weight excluding hydrogens is 432 g/mol. The number of fused-ring (bicyclic) bond motifs is 1. The van der Waals surface area contributed by atoms with Gasteiger partial charge in [-0.3, -0.25) is 4.79 Å². The lowest BCUT2D eigenvalue weighted by Crippen LogP contribution is -2.49. The Balaban J connectivity index is 1.35. The molecule has 2 aromatic carbocycles. The van der Waals surface area contributed by atoms with Crippen LogP contribution in [0, 0.1) is 11.6 Å². The Morgan fingerprint density at radius 3 is 2.47 bits per heavy atom. The van der Waals surface area contributed by atoms with Crippen molar-refractivity contribution in [3.8, 4) is 0 Å². The molecule has 1 amide bonds. The first-order chi connectivity index (χ1) is 14.3. The van der Waals surface area contributed by atoms with E-state index in [0.29, 0.717) is 36.0 Å². The topological polar surface area (TPSA) is 70.6 Å². The van der Waals surface area contributed by atoms with Gasteiger partial charge >= 0.3 is 0 Å². The second-order valence-electron chi connectivity index (χ2n) is 6.98. The first-order valence-electron chi connectivity index (χ1n) is 9.39. The Kier molecular flexibility index (Phi) is 5.70. The largest absolute Gasteiger partial charge is 0.345 e. The van der Waals surface area contributed by atoms with E-state index in [9.17, 15) is 22.0 Å². The highest BCUT2D eigenvalue weighted by atomic mass is 32.2. The van der Waals surface area contributed by atoms with Crippen molar-refractivity contribution >= 4 is 42.4 Å². The zero-order valence-corrected chi connectivity index (χ0v) is 17.6. The van der Waals surface area contributed by atoms with E-state index in [2.05, 4.69) is 4.98 Å². The van der Waals surface area contributed by atoms with Gasteiger partial charge in [-0.1, -0.05) is 29.5 Å². The number of anilines is 1. The quantitative estimate of drug-likeness (QED) is 0.596. The molecule has 1 aliphatic heterocycles. The highest BCUT2D eigenvalue weighted by Crippen LogP contribution is 2.31. The molecule has 0 atom stereocenters. The Labute approximate surface area is 176 Å². The Morgan fingerprint density at radius 1 is 1.07 bits per heavy atom. The lowest BCUT2D eigenvalue weighted by molar-refractivity contribution is -0.131. The maximum atomic E-state index is 13.9. The van der Waals surface area contributed by atoms with E-state index in [1.54, 1.807) is 23.1 Å². The van der Waals surface area contributed by atoms with Crippen LogP contribution in [0.1, 0.15) is 6.42 Å². The second-order valence-corrected chi connectivity index (χ2v) is 10.1. The predicted molar refractivity (Wildman–Crippen MR) is 111 cm³/mol. The average molecular weight is 452 g/mol. The fourth-order valence-electron chi connectivity index (χ4n) is 3.35. The van der Waals surface area contributed by atoms with Crippen molar-refractivity contribution in [2.24, 2.45) is 0 Å². The van der Waals surface area contributed by atoms with Gasteiger partial charge in [0.15, 0.2) is 20.8 Å². The lowest BCUT2D eigenvalue weighted by atomic mass is 10.3. The van der Waals surface area contributed by atoms with E-state index in [1.165, 1.54) is 29.5 Å². The molecule has 0 saturated carbocycles. The molecule has 1 fully saturated rings. The Morgan fingerprint density at radius 2 is 1.77 bits per heavy atom. The zero-order chi connectivity index (χ0) is 21.3. The van der Waals surface area contributed by atoms with E-state index in [1.807, 2.05) is 4.90 Å². The molecule has 3 aromatic rings. The molecule has 6 nitrogen and oxygen atoms in total. The van der Waals surface area contributed by atoms with Gasteiger partial charge in [0.2, 0.25) is 5.91 Å². The van der Waals surface area contributed by atoms with Crippen LogP contribution in [0.25, 0.3) is 10.2 Å². The van der Waals surface area contributed by atoms with Crippen molar-refractivity contribution in [3.63, 3.8) is 0 Å². The summed E-state index contributed by atoms with van der Waals surface area (Å²) in [5, 5.41) is 0.577. The van der Waals surface area contributed by atoms with Gasteiger partial charge in [0.1, 0.15) is 11.3 Å². The summed E-state index contributed by atoms with van der Waals surface area (Å²) in [7, 11) is -3.50. The third-order valence-electron chi connectivity index (χ3n) is 4.99. The fourth-order valence-corrected chi connectivity index (χ4v) is 5.66. The molecular formula is C20H19F2N3O3S2. The van der Waals surface area contributed by atoms with E-state index in [4.69, 9.17) is 0 Å². The third-order valence-corrected chi connectivity index (χ3v) is 7.79. The van der Waals surface area contributed by atoms with E-state index in [0.717, 1.165) is 6.07 Å². The second kappa shape index (κ2) is 8.27. The number of amides is 1. The molecule has 10 heteroatoms. The summed E-state index contributed by atoms with van der Waals surface area (Å²) in [6, 6.07) is 10.1. The summed E-state index contributed by atoms with van der Waals surface area (Å²) >= 11 is 1.21. The van der Waals surface area contributed by atoms with Crippen LogP contribution in [0.5, 0.6) is 0 Å². The molecule has 1 aromatic heterocycles. The Hall–Kier alpha value is -2.59. The number of sulfone groups is 1. The van der Waals surface area contributed by atoms with Crippen molar-refractivity contribution < 1.29 is 22.0 Å². The minimum absolute atomic E-state index is 0.0805. The van der Waals surface area contributed by atoms with Crippen LogP contribution in [0.4, 0.5) is 13.9 Å². The molecule has 0 N–H and O–H groups in total. The SMILES string of the molecule is O=C(CCS(=O)(=O)c1ccccc1)N1CCN(c2nc3c(F)cc(F)cc3s2)CC1. The number of hydrogen-bond acceptors (Lipinski definition) is 6. The summed E-state index contributed by atoms with van der Waals surface area (Å²) in [4.78, 5) is 20.5. The van der Waals surface area contributed by atoms with Crippen LogP contribution >= 0.6 is 11.3 Å². The minimum atomic E-state index is -3.50. The number of carbonyl (C=O) groups is 1. The van der Waals surface area contributed by atoms with Gasteiger partial charge in [-0.05, 0) is 18.2 Å². The number of aromatic nitrogens is 1. The van der Waals surface area contributed by atoms with Gasteiger partial charge in [0.25, 0.3) is 0 Å². The summed E-state index contributed by atoms with van der Waals surface area (Å²) in [6.45, 7) is 1.80. The first-order valence-corrected chi connectivity index (χ1v) is 11.9. The van der Waals surface area contributed by atoms with Crippen LogP contribution in [0.3, 0.4) is 0 Å². The molecule has 0 aliphatic carbocycles. The van der Waals surface area contributed by atoms with Crippen LogP contribution in [-0.2, 0) is 14.6 Å². The molecule has 0 bridgehead atoms. The third kappa shape index (κ3) is 4.29. The number of thiazole rings is 1. The minimum Gasteiger partial charge on any atom is -0.345 e. The number of hydrogen-bond donors (Lipinski definition) is 0. The molecule has 2 heterocycles. The van der Waals surface area contributed by atoms with Crippen molar-refractivity contribution in [2.75, 3.05) is 36.8 Å². The van der Waals surface area contributed by atoms with Gasteiger partial charge in [-0.15, -0.1) is 0 Å². The molecule has 0 radical (unpaired) electrons. The summed E-state index contributed by atoms with van der Waals surface area (Å²) < 4.78 is 52.4. The monoisotopic (exact) mass is 451 g/mol. The van der Waals surface area contributed by atoms with E-state index in [-0.39, 0.29) is 28.5 Å².